The molecule has 2 aliphatic rings. The number of amides is 1. The van der Waals surface area contributed by atoms with E-state index in [4.69, 9.17) is 23.2 Å². The third-order valence-corrected chi connectivity index (χ3v) is 6.35. The van der Waals surface area contributed by atoms with Crippen LogP contribution in [0, 0.1) is 0 Å². The van der Waals surface area contributed by atoms with Crippen LogP contribution in [0.5, 0.6) is 0 Å². The molecule has 2 fully saturated rings. The van der Waals surface area contributed by atoms with Crippen molar-refractivity contribution < 1.29 is 4.79 Å². The van der Waals surface area contributed by atoms with Crippen molar-refractivity contribution >= 4 is 34.8 Å². The van der Waals surface area contributed by atoms with Gasteiger partial charge in [-0.1, -0.05) is 62.4 Å². The summed E-state index contributed by atoms with van der Waals surface area (Å²) in [5, 5.41) is 4.39. The molecule has 0 unspecified atom stereocenters. The molecule has 0 bridgehead atoms. The summed E-state index contributed by atoms with van der Waals surface area (Å²) in [5.41, 5.74) is 1.06. The average molecular weight is 428 g/mol. The van der Waals surface area contributed by atoms with Crippen LogP contribution in [0.25, 0.3) is 0 Å². The third kappa shape index (κ3) is 7.46. The summed E-state index contributed by atoms with van der Waals surface area (Å²) in [4.78, 5) is 15.9. The van der Waals surface area contributed by atoms with Gasteiger partial charge in [-0.3, -0.25) is 4.79 Å². The Morgan fingerprint density at radius 1 is 1.07 bits per heavy atom. The van der Waals surface area contributed by atoms with Gasteiger partial charge in [0.2, 0.25) is 5.91 Å². The molecule has 1 heterocycles. The van der Waals surface area contributed by atoms with Gasteiger partial charge in [-0.15, -0.1) is 0 Å². The number of benzene rings is 1. The molecule has 6 heteroatoms. The van der Waals surface area contributed by atoms with Crippen LogP contribution in [0.4, 0.5) is 5.69 Å². The van der Waals surface area contributed by atoms with Gasteiger partial charge in [0, 0.05) is 38.6 Å². The Morgan fingerprint density at radius 2 is 1.75 bits per heavy atom. The van der Waals surface area contributed by atoms with E-state index in [1.807, 2.05) is 25.1 Å². The Bertz CT molecular complexity index is 597. The Morgan fingerprint density at radius 3 is 2.36 bits per heavy atom. The SMILES string of the molecule is CCCC(=O)NC1CCCCC1.CCN1CCN(c2cccc(Cl)c2Cl)CC1. The second-order valence-electron chi connectivity index (χ2n) is 7.65. The molecule has 1 aliphatic carbocycles. The number of rotatable bonds is 5. The van der Waals surface area contributed by atoms with Crippen LogP contribution in [-0.2, 0) is 4.79 Å². The van der Waals surface area contributed by atoms with E-state index in [0.29, 0.717) is 22.5 Å². The molecule has 0 spiro atoms. The van der Waals surface area contributed by atoms with Crippen LogP contribution < -0.4 is 10.2 Å². The summed E-state index contributed by atoms with van der Waals surface area (Å²) in [5.74, 6) is 0.240. The quantitative estimate of drug-likeness (QED) is 0.685. The van der Waals surface area contributed by atoms with Crippen molar-refractivity contribution in [2.24, 2.45) is 0 Å². The molecular weight excluding hydrogens is 393 g/mol. The lowest BCUT2D eigenvalue weighted by Crippen LogP contribution is -2.46. The number of halogens is 2. The van der Waals surface area contributed by atoms with Gasteiger partial charge in [0.1, 0.15) is 0 Å². The van der Waals surface area contributed by atoms with Crippen molar-refractivity contribution in [2.45, 2.75) is 64.8 Å². The fourth-order valence-electron chi connectivity index (χ4n) is 3.82. The first-order valence-corrected chi connectivity index (χ1v) is 11.5. The lowest BCUT2D eigenvalue weighted by Gasteiger charge is -2.36. The van der Waals surface area contributed by atoms with Crippen LogP contribution in [0.2, 0.25) is 10.0 Å². The van der Waals surface area contributed by atoms with Crippen molar-refractivity contribution in [3.8, 4) is 0 Å². The molecule has 1 saturated carbocycles. The number of anilines is 1. The fourth-order valence-corrected chi connectivity index (χ4v) is 4.23. The van der Waals surface area contributed by atoms with Gasteiger partial charge < -0.3 is 15.1 Å². The number of hydrogen-bond donors (Lipinski definition) is 1. The van der Waals surface area contributed by atoms with Gasteiger partial charge in [0.25, 0.3) is 0 Å². The Labute approximate surface area is 180 Å². The van der Waals surface area contributed by atoms with Crippen LogP contribution in [0.15, 0.2) is 18.2 Å². The first kappa shape index (κ1) is 23.3. The van der Waals surface area contributed by atoms with E-state index in [1.54, 1.807) is 0 Å². The van der Waals surface area contributed by atoms with Gasteiger partial charge in [-0.2, -0.15) is 0 Å². The average Bonchev–Trinajstić information content (AvgIpc) is 2.72. The largest absolute Gasteiger partial charge is 0.368 e. The maximum atomic E-state index is 11.2. The van der Waals surface area contributed by atoms with Crippen molar-refractivity contribution in [3.05, 3.63) is 28.2 Å². The normalized spacial score (nSPS) is 18.4. The Kier molecular flexibility index (Phi) is 10.5. The molecule has 4 nitrogen and oxygen atoms in total. The summed E-state index contributed by atoms with van der Waals surface area (Å²) in [6.07, 6.45) is 7.95. The molecule has 1 aromatic rings. The van der Waals surface area contributed by atoms with E-state index in [0.717, 1.165) is 44.8 Å². The summed E-state index contributed by atoms with van der Waals surface area (Å²) in [7, 11) is 0. The van der Waals surface area contributed by atoms with Crippen molar-refractivity contribution in [1.82, 2.24) is 10.2 Å². The molecule has 0 atom stereocenters. The molecule has 1 N–H and O–H groups in total. The molecule has 0 aromatic heterocycles. The minimum atomic E-state index is 0.240. The van der Waals surface area contributed by atoms with Gasteiger partial charge in [0.15, 0.2) is 0 Å². The molecule has 1 saturated heterocycles. The number of piperazine rings is 1. The molecule has 1 aromatic carbocycles. The molecular formula is C22H35Cl2N3O. The first-order valence-electron chi connectivity index (χ1n) is 10.8. The maximum Gasteiger partial charge on any atom is 0.220 e. The highest BCUT2D eigenvalue weighted by molar-refractivity contribution is 6.43. The van der Waals surface area contributed by atoms with Gasteiger partial charge in [-0.05, 0) is 37.9 Å². The van der Waals surface area contributed by atoms with E-state index in [9.17, 15) is 4.79 Å². The van der Waals surface area contributed by atoms with Crippen molar-refractivity contribution in [1.29, 1.82) is 0 Å². The zero-order chi connectivity index (χ0) is 20.4. The summed E-state index contributed by atoms with van der Waals surface area (Å²) in [6.45, 7) is 9.60. The molecule has 3 rings (SSSR count). The lowest BCUT2D eigenvalue weighted by atomic mass is 9.95. The summed E-state index contributed by atoms with van der Waals surface area (Å²) < 4.78 is 0. The minimum absolute atomic E-state index is 0.240. The van der Waals surface area contributed by atoms with E-state index in [2.05, 4.69) is 22.0 Å². The summed E-state index contributed by atoms with van der Waals surface area (Å²) >= 11 is 12.2. The maximum absolute atomic E-state index is 11.2. The summed E-state index contributed by atoms with van der Waals surface area (Å²) in [6, 6.07) is 6.30. The van der Waals surface area contributed by atoms with Crippen molar-refractivity contribution in [2.75, 3.05) is 37.6 Å². The third-order valence-electron chi connectivity index (χ3n) is 5.54. The number of carbonyl (C=O) groups excluding carboxylic acids is 1. The molecule has 158 valence electrons. The first-order chi connectivity index (χ1) is 13.5. The fraction of sp³-hybridized carbons (Fsp3) is 0.682. The van der Waals surface area contributed by atoms with Crippen LogP contribution >= 0.6 is 23.2 Å². The zero-order valence-electron chi connectivity index (χ0n) is 17.4. The van der Waals surface area contributed by atoms with Crippen LogP contribution in [0.1, 0.15) is 58.8 Å². The van der Waals surface area contributed by atoms with E-state index < -0.39 is 0 Å². The number of hydrogen-bond acceptors (Lipinski definition) is 3. The van der Waals surface area contributed by atoms with Crippen LogP contribution in [0.3, 0.4) is 0 Å². The number of carbonyl (C=O) groups is 1. The van der Waals surface area contributed by atoms with Crippen molar-refractivity contribution in [3.63, 3.8) is 0 Å². The van der Waals surface area contributed by atoms with Gasteiger partial charge >= 0.3 is 0 Å². The topological polar surface area (TPSA) is 35.6 Å². The lowest BCUT2D eigenvalue weighted by molar-refractivity contribution is -0.122. The Hall–Kier alpha value is -0.970. The number of nitrogens with zero attached hydrogens (tertiary/aromatic N) is 2. The van der Waals surface area contributed by atoms with Crippen LogP contribution in [-0.4, -0.2) is 49.6 Å². The second kappa shape index (κ2) is 12.6. The smallest absolute Gasteiger partial charge is 0.220 e. The second-order valence-corrected chi connectivity index (χ2v) is 8.43. The Balaban J connectivity index is 0.000000209. The predicted molar refractivity (Wildman–Crippen MR) is 121 cm³/mol. The highest BCUT2D eigenvalue weighted by Gasteiger charge is 2.18. The van der Waals surface area contributed by atoms with E-state index in [1.165, 1.54) is 32.1 Å². The molecule has 0 radical (unpaired) electrons. The zero-order valence-corrected chi connectivity index (χ0v) is 18.9. The molecule has 1 aliphatic heterocycles. The van der Waals surface area contributed by atoms with Gasteiger partial charge in [-0.25, -0.2) is 0 Å². The standard InChI is InChI=1S/C12H16Cl2N2.C10H19NO/c1-2-15-6-8-16(9-7-15)11-5-3-4-10(13)12(11)14;1-2-6-10(12)11-9-7-4-3-5-8-9/h3-5H,2,6-9H2,1H3;9H,2-8H2,1H3,(H,11,12). The minimum Gasteiger partial charge on any atom is -0.368 e. The molecule has 28 heavy (non-hydrogen) atoms. The number of nitrogens with one attached hydrogen (secondary N) is 1. The van der Waals surface area contributed by atoms with E-state index in [-0.39, 0.29) is 5.91 Å². The highest BCUT2D eigenvalue weighted by atomic mass is 35.5. The predicted octanol–water partition coefficient (Wildman–Crippen LogP) is 5.37. The van der Waals surface area contributed by atoms with Gasteiger partial charge in [0.05, 0.1) is 15.7 Å². The molecule has 1 amide bonds. The monoisotopic (exact) mass is 427 g/mol. The van der Waals surface area contributed by atoms with E-state index >= 15 is 0 Å². The number of likely N-dealkylation sites (N-methyl/N-ethyl adjacent to an activating group) is 1. The highest BCUT2D eigenvalue weighted by Crippen LogP contribution is 2.32.